The molecule has 0 saturated heterocycles. The molecular formula is C20H20N2O4. The van der Waals surface area contributed by atoms with Gasteiger partial charge in [0.05, 0.1) is 11.1 Å². The van der Waals surface area contributed by atoms with Crippen LogP contribution in [0.2, 0.25) is 0 Å². The number of para-hydroxylation sites is 2. The molecule has 0 aromatic heterocycles. The lowest BCUT2D eigenvalue weighted by Crippen LogP contribution is -2.43. The number of hydrogen-bond donors (Lipinski definition) is 0. The summed E-state index contributed by atoms with van der Waals surface area (Å²) >= 11 is 0. The maximum atomic E-state index is 12.4. The predicted molar refractivity (Wildman–Crippen MR) is 95.7 cm³/mol. The fourth-order valence-electron chi connectivity index (χ4n) is 3.30. The number of imide groups is 1. The lowest BCUT2D eigenvalue weighted by atomic mass is 10.1. The standard InChI is InChI=1S/C20H20N2O4/c1-21(12-14-13-25-17-8-4-5-9-18(17)26-14)10-11-22-19(23)15-6-2-3-7-16(15)20(22)24/h2-9,14H,10-13H2,1H3. The van der Waals surface area contributed by atoms with Gasteiger partial charge in [0.25, 0.3) is 11.8 Å². The number of hydrogen-bond acceptors (Lipinski definition) is 5. The third-order valence-corrected chi connectivity index (χ3v) is 4.67. The van der Waals surface area contributed by atoms with E-state index in [9.17, 15) is 9.59 Å². The lowest BCUT2D eigenvalue weighted by Gasteiger charge is -2.30. The Hall–Kier alpha value is -2.86. The first-order chi connectivity index (χ1) is 12.6. The second-order valence-electron chi connectivity index (χ2n) is 6.57. The average Bonchev–Trinajstić information content (AvgIpc) is 2.91. The molecule has 2 heterocycles. The number of likely N-dealkylation sites (N-methyl/N-ethyl adjacent to an activating group) is 1. The van der Waals surface area contributed by atoms with Crippen molar-refractivity contribution in [3.63, 3.8) is 0 Å². The van der Waals surface area contributed by atoms with Gasteiger partial charge in [-0.3, -0.25) is 14.5 Å². The van der Waals surface area contributed by atoms with Gasteiger partial charge in [0.1, 0.15) is 12.7 Å². The minimum Gasteiger partial charge on any atom is -0.486 e. The van der Waals surface area contributed by atoms with E-state index in [1.165, 1.54) is 4.90 Å². The highest BCUT2D eigenvalue weighted by molar-refractivity contribution is 6.21. The van der Waals surface area contributed by atoms with E-state index in [-0.39, 0.29) is 17.9 Å². The van der Waals surface area contributed by atoms with Crippen molar-refractivity contribution in [3.8, 4) is 11.5 Å². The van der Waals surface area contributed by atoms with Crippen molar-refractivity contribution < 1.29 is 19.1 Å². The molecule has 0 aliphatic carbocycles. The van der Waals surface area contributed by atoms with E-state index >= 15 is 0 Å². The van der Waals surface area contributed by atoms with Crippen LogP contribution in [0.25, 0.3) is 0 Å². The quantitative estimate of drug-likeness (QED) is 0.771. The molecule has 1 atom stereocenters. The Labute approximate surface area is 151 Å². The van der Waals surface area contributed by atoms with E-state index in [0.717, 1.165) is 11.5 Å². The van der Waals surface area contributed by atoms with Crippen LogP contribution in [0, 0.1) is 0 Å². The van der Waals surface area contributed by atoms with Crippen LogP contribution in [0.3, 0.4) is 0 Å². The van der Waals surface area contributed by atoms with Crippen molar-refractivity contribution in [2.75, 3.05) is 33.3 Å². The molecule has 0 radical (unpaired) electrons. The highest BCUT2D eigenvalue weighted by atomic mass is 16.6. The average molecular weight is 352 g/mol. The van der Waals surface area contributed by atoms with Gasteiger partial charge in [-0.15, -0.1) is 0 Å². The van der Waals surface area contributed by atoms with Crippen LogP contribution >= 0.6 is 0 Å². The maximum Gasteiger partial charge on any atom is 0.261 e. The molecule has 6 heteroatoms. The van der Waals surface area contributed by atoms with Gasteiger partial charge in [-0.05, 0) is 31.3 Å². The zero-order valence-corrected chi connectivity index (χ0v) is 14.6. The van der Waals surface area contributed by atoms with Crippen molar-refractivity contribution >= 4 is 11.8 Å². The minimum atomic E-state index is -0.217. The molecule has 2 aliphatic heterocycles. The summed E-state index contributed by atoms with van der Waals surface area (Å²) in [5, 5.41) is 0. The number of benzene rings is 2. The van der Waals surface area contributed by atoms with Crippen LogP contribution in [0.5, 0.6) is 11.5 Å². The van der Waals surface area contributed by atoms with Gasteiger partial charge in [0.15, 0.2) is 11.5 Å². The summed E-state index contributed by atoms with van der Waals surface area (Å²) < 4.78 is 11.7. The summed E-state index contributed by atoms with van der Waals surface area (Å²) in [6.07, 6.45) is -0.0860. The minimum absolute atomic E-state index is 0.0860. The predicted octanol–water partition coefficient (Wildman–Crippen LogP) is 2.05. The highest BCUT2D eigenvalue weighted by Crippen LogP contribution is 2.31. The normalized spacial score (nSPS) is 18.4. The van der Waals surface area contributed by atoms with Crippen molar-refractivity contribution in [2.24, 2.45) is 0 Å². The zero-order chi connectivity index (χ0) is 18.1. The topological polar surface area (TPSA) is 59.1 Å². The van der Waals surface area contributed by atoms with Gasteiger partial charge in [-0.25, -0.2) is 0 Å². The lowest BCUT2D eigenvalue weighted by molar-refractivity contribution is 0.0559. The molecule has 0 saturated carbocycles. The van der Waals surface area contributed by atoms with Crippen molar-refractivity contribution in [3.05, 3.63) is 59.7 Å². The number of carbonyl (C=O) groups excluding carboxylic acids is 2. The van der Waals surface area contributed by atoms with Gasteiger partial charge in [0.2, 0.25) is 0 Å². The molecule has 134 valence electrons. The molecule has 26 heavy (non-hydrogen) atoms. The van der Waals surface area contributed by atoms with Gasteiger partial charge in [0, 0.05) is 19.6 Å². The van der Waals surface area contributed by atoms with E-state index in [1.807, 2.05) is 36.2 Å². The van der Waals surface area contributed by atoms with Crippen LogP contribution in [0.1, 0.15) is 20.7 Å². The second kappa shape index (κ2) is 6.80. The fourth-order valence-corrected chi connectivity index (χ4v) is 3.30. The number of rotatable bonds is 5. The Bertz CT molecular complexity index is 816. The smallest absolute Gasteiger partial charge is 0.261 e. The third kappa shape index (κ3) is 3.04. The van der Waals surface area contributed by atoms with Gasteiger partial charge >= 0.3 is 0 Å². The molecular weight excluding hydrogens is 332 g/mol. The Kier molecular flexibility index (Phi) is 4.34. The summed E-state index contributed by atoms with van der Waals surface area (Å²) in [5.74, 6) is 1.07. The Balaban J connectivity index is 1.32. The first kappa shape index (κ1) is 16.6. The van der Waals surface area contributed by atoms with Gasteiger partial charge in [-0.2, -0.15) is 0 Å². The molecule has 0 bridgehead atoms. The number of fused-ring (bicyclic) bond motifs is 2. The SMILES string of the molecule is CN(CCN1C(=O)c2ccccc2C1=O)CC1COc2ccccc2O1. The third-order valence-electron chi connectivity index (χ3n) is 4.67. The van der Waals surface area contributed by atoms with Crippen LogP contribution in [-0.2, 0) is 0 Å². The van der Waals surface area contributed by atoms with Gasteiger partial charge in [-0.1, -0.05) is 24.3 Å². The van der Waals surface area contributed by atoms with E-state index in [1.54, 1.807) is 24.3 Å². The molecule has 2 amide bonds. The van der Waals surface area contributed by atoms with Crippen LogP contribution in [-0.4, -0.2) is 61.0 Å². The first-order valence-electron chi connectivity index (χ1n) is 8.66. The summed E-state index contributed by atoms with van der Waals surface area (Å²) in [7, 11) is 1.95. The largest absolute Gasteiger partial charge is 0.486 e. The van der Waals surface area contributed by atoms with E-state index < -0.39 is 0 Å². The van der Waals surface area contributed by atoms with Crippen molar-refractivity contribution in [2.45, 2.75) is 6.10 Å². The van der Waals surface area contributed by atoms with Crippen molar-refractivity contribution in [1.29, 1.82) is 0 Å². The second-order valence-corrected chi connectivity index (χ2v) is 6.57. The highest BCUT2D eigenvalue weighted by Gasteiger charge is 2.35. The van der Waals surface area contributed by atoms with E-state index in [2.05, 4.69) is 0 Å². The summed E-state index contributed by atoms with van der Waals surface area (Å²) in [6, 6.07) is 14.6. The Morgan fingerprint density at radius 3 is 2.31 bits per heavy atom. The van der Waals surface area contributed by atoms with Crippen LogP contribution < -0.4 is 9.47 Å². The number of ether oxygens (including phenoxy) is 2. The number of amides is 2. The molecule has 2 aromatic rings. The molecule has 0 N–H and O–H groups in total. The van der Waals surface area contributed by atoms with E-state index in [0.29, 0.717) is 37.4 Å². The maximum absolute atomic E-state index is 12.4. The van der Waals surface area contributed by atoms with Crippen LogP contribution in [0.15, 0.2) is 48.5 Å². The molecule has 2 aliphatic rings. The van der Waals surface area contributed by atoms with Crippen LogP contribution in [0.4, 0.5) is 0 Å². The number of nitrogens with zero attached hydrogens (tertiary/aromatic N) is 2. The molecule has 1 unspecified atom stereocenters. The molecule has 0 spiro atoms. The molecule has 2 aromatic carbocycles. The monoisotopic (exact) mass is 352 g/mol. The first-order valence-corrected chi connectivity index (χ1v) is 8.66. The Morgan fingerprint density at radius 1 is 1.00 bits per heavy atom. The number of carbonyl (C=O) groups is 2. The van der Waals surface area contributed by atoms with Crippen molar-refractivity contribution in [1.82, 2.24) is 9.80 Å². The fraction of sp³-hybridized carbons (Fsp3) is 0.300. The molecule has 0 fully saturated rings. The summed E-state index contributed by atoms with van der Waals surface area (Å²) in [4.78, 5) is 28.1. The zero-order valence-electron chi connectivity index (χ0n) is 14.6. The molecule has 4 rings (SSSR count). The molecule has 6 nitrogen and oxygen atoms in total. The van der Waals surface area contributed by atoms with E-state index in [4.69, 9.17) is 9.47 Å². The van der Waals surface area contributed by atoms with Gasteiger partial charge < -0.3 is 14.4 Å². The summed E-state index contributed by atoms with van der Waals surface area (Å²) in [5.41, 5.74) is 0.974. The Morgan fingerprint density at radius 2 is 1.62 bits per heavy atom. The summed E-state index contributed by atoms with van der Waals surface area (Å²) in [6.45, 7) is 2.06.